The van der Waals surface area contributed by atoms with E-state index in [0.29, 0.717) is 0 Å². The van der Waals surface area contributed by atoms with Crippen LogP contribution in [0.25, 0.3) is 0 Å². The van der Waals surface area contributed by atoms with Gasteiger partial charge < -0.3 is 5.73 Å². The number of aromatic nitrogens is 3. The van der Waals surface area contributed by atoms with Crippen LogP contribution in [0.3, 0.4) is 0 Å². The molecule has 2 aromatic heterocycles. The number of H-pyrrole nitrogens is 1. The molecule has 0 bridgehead atoms. The Balaban J connectivity index is 2.51. The highest BCUT2D eigenvalue weighted by molar-refractivity contribution is 9.10. The van der Waals surface area contributed by atoms with Crippen molar-refractivity contribution < 1.29 is 0 Å². The summed E-state index contributed by atoms with van der Waals surface area (Å²) in [5, 5.41) is 0. The second kappa shape index (κ2) is 4.54. The fraction of sp³-hybridized carbons (Fsp3) is 0.100. The Bertz CT molecular complexity index is 648. The van der Waals surface area contributed by atoms with Crippen molar-refractivity contribution in [3.05, 3.63) is 55.4 Å². The first kappa shape index (κ1) is 11.6. The van der Waals surface area contributed by atoms with Gasteiger partial charge in [-0.3, -0.25) is 19.3 Å². The Morgan fingerprint density at radius 1 is 1.47 bits per heavy atom. The maximum Gasteiger partial charge on any atom is 0.330 e. The quantitative estimate of drug-likeness (QED) is 0.835. The lowest BCUT2D eigenvalue weighted by Gasteiger charge is -2.09. The van der Waals surface area contributed by atoms with E-state index in [9.17, 15) is 9.59 Å². The summed E-state index contributed by atoms with van der Waals surface area (Å²) in [6.45, 7) is 0.258. The highest BCUT2D eigenvalue weighted by atomic mass is 79.9. The molecular weight excluding hydrogens is 288 g/mol. The van der Waals surface area contributed by atoms with Gasteiger partial charge in [0, 0.05) is 12.4 Å². The highest BCUT2D eigenvalue weighted by Gasteiger charge is 2.09. The summed E-state index contributed by atoms with van der Waals surface area (Å²) in [6.07, 6.45) is 3.27. The molecule has 0 spiro atoms. The molecule has 0 saturated carbocycles. The van der Waals surface area contributed by atoms with Crippen LogP contribution in [-0.4, -0.2) is 14.5 Å². The van der Waals surface area contributed by atoms with Gasteiger partial charge in [-0.1, -0.05) is 6.07 Å². The van der Waals surface area contributed by atoms with Gasteiger partial charge >= 0.3 is 5.69 Å². The molecule has 0 amide bonds. The third kappa shape index (κ3) is 2.28. The molecule has 0 aromatic carbocycles. The minimum atomic E-state index is -0.542. The Labute approximate surface area is 104 Å². The molecule has 2 heterocycles. The molecule has 0 unspecified atom stereocenters. The minimum Gasteiger partial charge on any atom is -0.384 e. The maximum atomic E-state index is 11.6. The van der Waals surface area contributed by atoms with Crippen LogP contribution in [0.15, 0.2) is 38.6 Å². The second-order valence-corrected chi connectivity index (χ2v) is 4.20. The van der Waals surface area contributed by atoms with E-state index in [0.717, 1.165) is 5.56 Å². The summed E-state index contributed by atoms with van der Waals surface area (Å²) in [5.41, 5.74) is 5.45. The molecule has 3 N–H and O–H groups in total. The van der Waals surface area contributed by atoms with Crippen LogP contribution >= 0.6 is 15.9 Å². The number of hydrogen-bond acceptors (Lipinski definition) is 4. The summed E-state index contributed by atoms with van der Waals surface area (Å²) in [7, 11) is 0. The molecule has 17 heavy (non-hydrogen) atoms. The van der Waals surface area contributed by atoms with Gasteiger partial charge in [0.25, 0.3) is 5.56 Å². The van der Waals surface area contributed by atoms with Crippen LogP contribution in [-0.2, 0) is 6.54 Å². The fourth-order valence-electron chi connectivity index (χ4n) is 1.39. The van der Waals surface area contributed by atoms with Crippen molar-refractivity contribution in [2.75, 3.05) is 5.73 Å². The average Bonchev–Trinajstić information content (AvgIpc) is 2.33. The van der Waals surface area contributed by atoms with Crippen molar-refractivity contribution in [3.8, 4) is 0 Å². The maximum absolute atomic E-state index is 11.6. The molecule has 7 heteroatoms. The summed E-state index contributed by atoms with van der Waals surface area (Å²) >= 11 is 3.03. The normalized spacial score (nSPS) is 10.4. The number of hydrogen-bond donors (Lipinski definition) is 2. The molecule has 2 aromatic rings. The zero-order valence-electron chi connectivity index (χ0n) is 8.68. The number of pyridine rings is 1. The molecule has 6 nitrogen and oxygen atoms in total. The van der Waals surface area contributed by atoms with E-state index < -0.39 is 11.2 Å². The van der Waals surface area contributed by atoms with E-state index in [-0.39, 0.29) is 16.8 Å². The zero-order chi connectivity index (χ0) is 12.4. The predicted molar refractivity (Wildman–Crippen MR) is 66.8 cm³/mol. The lowest BCUT2D eigenvalue weighted by atomic mass is 10.3. The van der Waals surface area contributed by atoms with Gasteiger partial charge in [-0.25, -0.2) is 4.79 Å². The molecule has 0 atom stereocenters. The van der Waals surface area contributed by atoms with Crippen molar-refractivity contribution in [2.45, 2.75) is 6.54 Å². The van der Waals surface area contributed by atoms with Crippen molar-refractivity contribution in [3.63, 3.8) is 0 Å². The topological polar surface area (TPSA) is 93.8 Å². The second-order valence-electron chi connectivity index (χ2n) is 3.41. The number of halogens is 1. The van der Waals surface area contributed by atoms with Crippen LogP contribution in [0.1, 0.15) is 5.56 Å². The summed E-state index contributed by atoms with van der Waals surface area (Å²) in [6, 6.07) is 3.58. The van der Waals surface area contributed by atoms with Gasteiger partial charge in [0.05, 0.1) is 6.54 Å². The van der Waals surface area contributed by atoms with Crippen LogP contribution in [0, 0.1) is 0 Å². The average molecular weight is 297 g/mol. The zero-order valence-corrected chi connectivity index (χ0v) is 10.3. The SMILES string of the molecule is Nc1c(Br)c(=O)[nH]c(=O)n1Cc1cccnc1. The van der Waals surface area contributed by atoms with E-state index >= 15 is 0 Å². The van der Waals surface area contributed by atoms with Crippen molar-refractivity contribution in [1.82, 2.24) is 14.5 Å². The van der Waals surface area contributed by atoms with Crippen LogP contribution < -0.4 is 17.0 Å². The number of nitrogens with two attached hydrogens (primary N) is 1. The van der Waals surface area contributed by atoms with Gasteiger partial charge in [0.15, 0.2) is 0 Å². The first-order valence-electron chi connectivity index (χ1n) is 4.76. The van der Waals surface area contributed by atoms with Crippen LogP contribution in [0.4, 0.5) is 5.82 Å². The molecular formula is C10H9BrN4O2. The Morgan fingerprint density at radius 2 is 2.24 bits per heavy atom. The monoisotopic (exact) mass is 296 g/mol. The number of anilines is 1. The fourth-order valence-corrected chi connectivity index (χ4v) is 1.71. The molecule has 0 radical (unpaired) electrons. The van der Waals surface area contributed by atoms with E-state index in [4.69, 9.17) is 5.73 Å². The molecule has 0 aliphatic rings. The van der Waals surface area contributed by atoms with Gasteiger partial charge in [0.2, 0.25) is 0 Å². The summed E-state index contributed by atoms with van der Waals surface area (Å²) < 4.78 is 1.42. The molecule has 88 valence electrons. The van der Waals surface area contributed by atoms with Gasteiger partial charge in [0.1, 0.15) is 10.3 Å². The van der Waals surface area contributed by atoms with E-state index in [2.05, 4.69) is 25.9 Å². The number of aromatic amines is 1. The Kier molecular flexibility index (Phi) is 3.10. The van der Waals surface area contributed by atoms with Gasteiger partial charge in [-0.05, 0) is 27.6 Å². The third-order valence-electron chi connectivity index (χ3n) is 2.24. The van der Waals surface area contributed by atoms with E-state index in [1.807, 2.05) is 6.07 Å². The molecule has 0 saturated heterocycles. The van der Waals surface area contributed by atoms with Gasteiger partial charge in [-0.15, -0.1) is 0 Å². The molecule has 0 aliphatic heterocycles. The number of nitrogen functional groups attached to an aromatic ring is 1. The van der Waals surface area contributed by atoms with Crippen LogP contribution in [0.2, 0.25) is 0 Å². The number of rotatable bonds is 2. The van der Waals surface area contributed by atoms with Crippen molar-refractivity contribution in [1.29, 1.82) is 0 Å². The molecule has 2 rings (SSSR count). The van der Waals surface area contributed by atoms with E-state index in [1.165, 1.54) is 4.57 Å². The third-order valence-corrected chi connectivity index (χ3v) is 3.01. The van der Waals surface area contributed by atoms with Crippen LogP contribution in [0.5, 0.6) is 0 Å². The smallest absolute Gasteiger partial charge is 0.330 e. The Hall–Kier alpha value is -1.89. The lowest BCUT2D eigenvalue weighted by molar-refractivity contribution is 0.726. The standard InChI is InChI=1S/C10H9BrN4O2/c11-7-8(12)15(10(17)14-9(7)16)5-6-2-1-3-13-4-6/h1-4H,5,12H2,(H,14,16,17). The Morgan fingerprint density at radius 3 is 2.88 bits per heavy atom. The lowest BCUT2D eigenvalue weighted by Crippen LogP contribution is -2.33. The molecule has 0 aliphatic carbocycles. The summed E-state index contributed by atoms with van der Waals surface area (Å²) in [5.74, 6) is 0.0996. The number of nitrogens with zero attached hydrogens (tertiary/aromatic N) is 2. The first-order chi connectivity index (χ1) is 8.09. The van der Waals surface area contributed by atoms with Gasteiger partial charge in [-0.2, -0.15) is 0 Å². The minimum absolute atomic E-state index is 0.0996. The predicted octanol–water partition coefficient (Wildman–Crippen LogP) is 0.325. The number of nitrogens with one attached hydrogen (secondary N) is 1. The van der Waals surface area contributed by atoms with Crippen molar-refractivity contribution in [2.24, 2.45) is 0 Å². The summed E-state index contributed by atoms with van der Waals surface area (Å²) in [4.78, 5) is 29.0. The van der Waals surface area contributed by atoms with E-state index in [1.54, 1.807) is 18.5 Å². The molecule has 0 fully saturated rings. The largest absolute Gasteiger partial charge is 0.384 e. The first-order valence-corrected chi connectivity index (χ1v) is 5.56. The van der Waals surface area contributed by atoms with Crippen molar-refractivity contribution >= 4 is 21.7 Å². The highest BCUT2D eigenvalue weighted by Crippen LogP contribution is 2.12.